The van der Waals surface area contributed by atoms with Gasteiger partial charge in [0, 0.05) is 0 Å². The van der Waals surface area contributed by atoms with E-state index in [2.05, 4.69) is 41.5 Å². The van der Waals surface area contributed by atoms with Crippen molar-refractivity contribution < 1.29 is 46.8 Å². The van der Waals surface area contributed by atoms with Gasteiger partial charge in [0.2, 0.25) is 0 Å². The Morgan fingerprint density at radius 1 is 0.453 bits per heavy atom. The summed E-state index contributed by atoms with van der Waals surface area (Å²) >= 11 is 0. The highest BCUT2D eigenvalue weighted by Gasteiger charge is 2.64. The van der Waals surface area contributed by atoms with Crippen LogP contribution in [0.4, 0.5) is 26.3 Å². The molecule has 4 nitrogen and oxygen atoms in total. The van der Waals surface area contributed by atoms with E-state index in [9.17, 15) is 46.8 Å². The quantitative estimate of drug-likeness (QED) is 0.183. The summed E-state index contributed by atoms with van der Waals surface area (Å²) in [6.07, 6.45) is 11.7. The van der Waals surface area contributed by atoms with Crippen molar-refractivity contribution in [3.8, 4) is 0 Å². The highest BCUT2D eigenvalue weighted by atomic mass is 19.4. The number of rotatable bonds is 8. The first-order valence-corrected chi connectivity index (χ1v) is 26.2. The zero-order valence-corrected chi connectivity index (χ0v) is 41.5. The second-order valence-corrected chi connectivity index (χ2v) is 26.7. The Morgan fingerprint density at radius 2 is 0.781 bits per heavy atom. The Morgan fingerprint density at radius 3 is 1.11 bits per heavy atom. The molecule has 8 fully saturated rings. The zero-order chi connectivity index (χ0) is 47.5. The molecule has 0 bridgehead atoms. The van der Waals surface area contributed by atoms with Crippen molar-refractivity contribution in [1.82, 2.24) is 0 Å². The van der Waals surface area contributed by atoms with Crippen LogP contribution >= 0.6 is 0 Å². The largest absolute Gasteiger partial charge is 0.416 e. The van der Waals surface area contributed by atoms with Crippen molar-refractivity contribution in [2.75, 3.05) is 0 Å². The summed E-state index contributed by atoms with van der Waals surface area (Å²) in [5, 5.41) is 41.2. The van der Waals surface area contributed by atoms with Crippen LogP contribution < -0.4 is 0 Å². The van der Waals surface area contributed by atoms with Gasteiger partial charge in [-0.1, -0.05) is 41.5 Å². The van der Waals surface area contributed by atoms with E-state index in [-0.39, 0.29) is 35.5 Å². The summed E-state index contributed by atoms with van der Waals surface area (Å²) in [5.41, 5.74) is -5.09. The SMILES string of the molecule is C[C@H](CC[C@](C)(O)C(F)(F)F)[C@H]1CC[C@H]2[C@@H]3CC[C@@H]4C[C@@](C)(O)CC[C@]4(C)[C@H]3CC[C@]12C.C[C@H](CC[C@](C)(O)C(F)(F)F)[C@H]1CC[C@H]2[C@@H]3CC[C@H]4C[C@@](C)(O)CC[C@]4(C)[C@H]3CC[C@]12C. The van der Waals surface area contributed by atoms with Gasteiger partial charge in [-0.3, -0.25) is 0 Å². The maximum Gasteiger partial charge on any atom is 0.416 e. The third-order valence-electron chi connectivity index (χ3n) is 22.8. The van der Waals surface area contributed by atoms with E-state index in [1.54, 1.807) is 0 Å². The average molecular weight is 917 g/mol. The van der Waals surface area contributed by atoms with Crippen LogP contribution in [-0.4, -0.2) is 55.2 Å². The minimum absolute atomic E-state index is 0.201. The highest BCUT2D eigenvalue weighted by molar-refractivity contribution is 5.12. The van der Waals surface area contributed by atoms with Gasteiger partial charge in [-0.2, -0.15) is 26.3 Å². The summed E-state index contributed by atoms with van der Waals surface area (Å²) in [5.74, 6) is 6.83. The molecule has 8 rings (SSSR count). The molecule has 8 saturated carbocycles. The van der Waals surface area contributed by atoms with E-state index in [0.717, 1.165) is 88.9 Å². The number of aliphatic hydroxyl groups is 4. The molecular weight excluding hydrogens is 827 g/mol. The lowest BCUT2D eigenvalue weighted by Crippen LogP contribution is -2.55. The molecule has 0 saturated heterocycles. The Balaban J connectivity index is 0.000000191. The van der Waals surface area contributed by atoms with Crippen molar-refractivity contribution in [2.45, 2.75) is 245 Å². The molecule has 64 heavy (non-hydrogen) atoms. The summed E-state index contributed by atoms with van der Waals surface area (Å²) in [4.78, 5) is 0. The number of hydrogen-bond acceptors (Lipinski definition) is 4. The predicted octanol–water partition coefficient (Wildman–Crippen LogP) is 14.3. The first kappa shape index (κ1) is 51.3. The van der Waals surface area contributed by atoms with Gasteiger partial charge >= 0.3 is 12.4 Å². The van der Waals surface area contributed by atoms with Crippen molar-refractivity contribution in [2.24, 2.45) is 92.7 Å². The molecule has 0 aromatic rings. The summed E-state index contributed by atoms with van der Waals surface area (Å²) in [7, 11) is 0. The molecule has 8 aliphatic rings. The third kappa shape index (κ3) is 9.05. The first-order valence-electron chi connectivity index (χ1n) is 26.2. The Kier molecular flexibility index (Phi) is 13.7. The van der Waals surface area contributed by atoms with Crippen molar-refractivity contribution in [3.63, 3.8) is 0 Å². The molecule has 10 heteroatoms. The topological polar surface area (TPSA) is 80.9 Å². The van der Waals surface area contributed by atoms with Crippen LogP contribution in [0.5, 0.6) is 0 Å². The Bertz CT molecular complexity index is 1520. The van der Waals surface area contributed by atoms with E-state index >= 15 is 0 Å². The fourth-order valence-corrected chi connectivity index (χ4v) is 18.5. The minimum atomic E-state index is -4.56. The molecule has 8 aliphatic carbocycles. The molecule has 0 spiro atoms. The summed E-state index contributed by atoms with van der Waals surface area (Å²) < 4.78 is 78.9. The third-order valence-corrected chi connectivity index (χ3v) is 22.8. The standard InChI is InChI=1S/2C27H45F3O2/c2*1-17(10-13-26(5,32)27(28,29)30)20-8-9-21-19-7-6-18-16-23(2,31)14-15-24(18,3)22(19)11-12-25(20,21)4/h2*17-22,31-32H,6-16H2,1-5H3/t17-,18+,19+,20-,21+,22+,23+,24+,25-,26+;17-,18-,19+,20-,21+,22+,23+,24+,25-,26+/m11/s1. The van der Waals surface area contributed by atoms with Crippen molar-refractivity contribution >= 4 is 0 Å². The molecule has 372 valence electrons. The lowest BCUT2D eigenvalue weighted by Gasteiger charge is -2.62. The van der Waals surface area contributed by atoms with Crippen LogP contribution in [-0.2, 0) is 0 Å². The summed E-state index contributed by atoms with van der Waals surface area (Å²) in [6, 6.07) is 0. The van der Waals surface area contributed by atoms with Crippen LogP contribution in [0.1, 0.15) is 210 Å². The van der Waals surface area contributed by atoms with E-state index in [1.807, 2.05) is 13.8 Å². The highest BCUT2D eigenvalue weighted by Crippen LogP contribution is 2.71. The Hall–Kier alpha value is -0.580. The van der Waals surface area contributed by atoms with Crippen LogP contribution in [0.3, 0.4) is 0 Å². The van der Waals surface area contributed by atoms with E-state index in [1.165, 1.54) is 64.2 Å². The fraction of sp³-hybridized carbons (Fsp3) is 1.00. The van der Waals surface area contributed by atoms with E-state index in [0.29, 0.717) is 59.2 Å². The normalized spacial score (nSPS) is 49.5. The van der Waals surface area contributed by atoms with Crippen molar-refractivity contribution in [1.29, 1.82) is 0 Å². The van der Waals surface area contributed by atoms with Gasteiger partial charge < -0.3 is 20.4 Å². The molecule has 0 heterocycles. The average Bonchev–Trinajstić information content (AvgIpc) is 3.73. The monoisotopic (exact) mass is 917 g/mol. The van der Waals surface area contributed by atoms with E-state index < -0.39 is 34.8 Å². The van der Waals surface area contributed by atoms with Gasteiger partial charge in [-0.05, 0) is 262 Å². The smallest absolute Gasteiger partial charge is 0.390 e. The first-order chi connectivity index (χ1) is 29.2. The van der Waals surface area contributed by atoms with Crippen LogP contribution in [0.15, 0.2) is 0 Å². The van der Waals surface area contributed by atoms with Gasteiger partial charge in [-0.25, -0.2) is 0 Å². The zero-order valence-electron chi connectivity index (χ0n) is 41.5. The number of fused-ring (bicyclic) bond motifs is 10. The van der Waals surface area contributed by atoms with E-state index in [4.69, 9.17) is 0 Å². The second-order valence-electron chi connectivity index (χ2n) is 26.7. The molecular formula is C54H90F6O4. The van der Waals surface area contributed by atoms with Crippen molar-refractivity contribution in [3.05, 3.63) is 0 Å². The number of halogens is 6. The molecule has 0 amide bonds. The molecule has 0 aromatic heterocycles. The van der Waals surface area contributed by atoms with Gasteiger partial charge in [0.15, 0.2) is 11.2 Å². The second kappa shape index (κ2) is 17.1. The molecule has 0 unspecified atom stereocenters. The number of hydrogen-bond donors (Lipinski definition) is 4. The minimum Gasteiger partial charge on any atom is -0.390 e. The van der Waals surface area contributed by atoms with Gasteiger partial charge in [0.05, 0.1) is 11.2 Å². The molecule has 0 aromatic carbocycles. The Labute approximate surface area is 383 Å². The fourth-order valence-electron chi connectivity index (χ4n) is 18.5. The lowest BCUT2D eigenvalue weighted by molar-refractivity contribution is -0.256. The summed E-state index contributed by atoms with van der Waals surface area (Å²) in [6.45, 7) is 20.0. The molecule has 20 atom stereocenters. The maximum atomic E-state index is 13.1. The molecule has 0 aliphatic heterocycles. The van der Waals surface area contributed by atoms with Gasteiger partial charge in [0.1, 0.15) is 0 Å². The van der Waals surface area contributed by atoms with Crippen LogP contribution in [0, 0.1) is 92.7 Å². The van der Waals surface area contributed by atoms with Gasteiger partial charge in [-0.15, -0.1) is 0 Å². The maximum absolute atomic E-state index is 13.1. The van der Waals surface area contributed by atoms with Crippen LogP contribution in [0.25, 0.3) is 0 Å². The molecule has 0 radical (unpaired) electrons. The lowest BCUT2D eigenvalue weighted by atomic mass is 9.43. The van der Waals surface area contributed by atoms with Gasteiger partial charge in [0.25, 0.3) is 0 Å². The number of alkyl halides is 6. The predicted molar refractivity (Wildman–Crippen MR) is 242 cm³/mol. The van der Waals surface area contributed by atoms with Crippen LogP contribution in [0.2, 0.25) is 0 Å². The molecule has 4 N–H and O–H groups in total.